The minimum absolute atomic E-state index is 0.0155. The molecular weight excluding hydrogens is 302 g/mol. The zero-order valence-corrected chi connectivity index (χ0v) is 14.2. The third-order valence-corrected chi connectivity index (χ3v) is 5.47. The number of benzene rings is 1. The highest BCUT2D eigenvalue weighted by molar-refractivity contribution is 6.01. The highest BCUT2D eigenvalue weighted by Gasteiger charge is 2.33. The van der Waals surface area contributed by atoms with Crippen molar-refractivity contribution in [2.24, 2.45) is 11.1 Å². The number of hydrogen-bond acceptors (Lipinski definition) is 3. The van der Waals surface area contributed by atoms with Gasteiger partial charge < -0.3 is 16.0 Å². The third-order valence-electron chi connectivity index (χ3n) is 5.47. The van der Waals surface area contributed by atoms with E-state index in [1.165, 1.54) is 19.3 Å². The molecule has 1 aromatic rings. The molecule has 0 bridgehead atoms. The maximum atomic E-state index is 12.3. The number of carbonyl (C=O) groups excluding carboxylic acids is 2. The summed E-state index contributed by atoms with van der Waals surface area (Å²) < 4.78 is 0. The summed E-state index contributed by atoms with van der Waals surface area (Å²) in [5.74, 6) is 0.165. The van der Waals surface area contributed by atoms with Crippen molar-refractivity contribution in [2.75, 3.05) is 24.5 Å². The first kappa shape index (κ1) is 17.0. The monoisotopic (exact) mass is 329 g/mol. The zero-order chi connectivity index (χ0) is 17.0. The molecule has 2 aliphatic rings. The lowest BCUT2D eigenvalue weighted by Crippen LogP contribution is -2.41. The molecule has 0 spiro atoms. The average molecular weight is 329 g/mol. The van der Waals surface area contributed by atoms with Gasteiger partial charge in [-0.25, -0.2) is 0 Å². The van der Waals surface area contributed by atoms with Crippen molar-refractivity contribution in [3.05, 3.63) is 29.8 Å². The highest BCUT2D eigenvalue weighted by Crippen LogP contribution is 2.38. The lowest BCUT2D eigenvalue weighted by atomic mass is 9.71. The summed E-state index contributed by atoms with van der Waals surface area (Å²) in [6.45, 7) is 1.59. The highest BCUT2D eigenvalue weighted by atomic mass is 16.2. The fraction of sp³-hybridized carbons (Fsp3) is 0.579. The number of fused-ring (bicyclic) bond motifs is 1. The van der Waals surface area contributed by atoms with Crippen LogP contribution >= 0.6 is 0 Å². The van der Waals surface area contributed by atoms with E-state index in [0.717, 1.165) is 24.1 Å². The first-order chi connectivity index (χ1) is 11.6. The van der Waals surface area contributed by atoms with Crippen LogP contribution in [0, 0.1) is 5.41 Å². The molecular formula is C19H27N3O2. The van der Waals surface area contributed by atoms with Gasteiger partial charge in [-0.2, -0.15) is 0 Å². The number of anilines is 1. The number of nitrogens with one attached hydrogen (secondary N) is 1. The van der Waals surface area contributed by atoms with Gasteiger partial charge in [-0.15, -0.1) is 0 Å². The van der Waals surface area contributed by atoms with Crippen LogP contribution in [0.15, 0.2) is 24.3 Å². The van der Waals surface area contributed by atoms with E-state index in [2.05, 4.69) is 5.32 Å². The summed E-state index contributed by atoms with van der Waals surface area (Å²) in [5, 5.41) is 2.98. The van der Waals surface area contributed by atoms with Crippen LogP contribution in [0.25, 0.3) is 0 Å². The predicted molar refractivity (Wildman–Crippen MR) is 94.7 cm³/mol. The van der Waals surface area contributed by atoms with Crippen LogP contribution in [-0.4, -0.2) is 31.4 Å². The molecule has 0 unspecified atom stereocenters. The van der Waals surface area contributed by atoms with Crippen molar-refractivity contribution in [1.29, 1.82) is 0 Å². The van der Waals surface area contributed by atoms with E-state index in [1.54, 1.807) is 4.90 Å². The van der Waals surface area contributed by atoms with Crippen LogP contribution in [-0.2, 0) is 16.0 Å². The number of nitrogens with zero attached hydrogens (tertiary/aromatic N) is 1. The quantitative estimate of drug-likeness (QED) is 0.838. The van der Waals surface area contributed by atoms with Crippen molar-refractivity contribution in [3.8, 4) is 0 Å². The molecule has 24 heavy (non-hydrogen) atoms. The molecule has 3 rings (SSSR count). The molecule has 1 saturated carbocycles. The largest absolute Gasteiger partial charge is 0.354 e. The van der Waals surface area contributed by atoms with Crippen LogP contribution < -0.4 is 16.0 Å². The second-order valence-corrected chi connectivity index (χ2v) is 7.14. The molecule has 5 heteroatoms. The summed E-state index contributed by atoms with van der Waals surface area (Å²) in [4.78, 5) is 26.2. The fourth-order valence-corrected chi connectivity index (χ4v) is 4.03. The molecule has 1 aromatic carbocycles. The van der Waals surface area contributed by atoms with Crippen molar-refractivity contribution >= 4 is 17.5 Å². The smallest absolute Gasteiger partial charge is 0.231 e. The Morgan fingerprint density at radius 3 is 2.71 bits per heavy atom. The van der Waals surface area contributed by atoms with E-state index in [4.69, 9.17) is 5.73 Å². The van der Waals surface area contributed by atoms with Crippen LogP contribution in [0.3, 0.4) is 0 Å². The summed E-state index contributed by atoms with van der Waals surface area (Å²) in [6, 6.07) is 7.85. The van der Waals surface area contributed by atoms with Gasteiger partial charge in [0.05, 0.1) is 6.42 Å². The van der Waals surface area contributed by atoms with Gasteiger partial charge in [0, 0.05) is 25.2 Å². The third kappa shape index (κ3) is 3.61. The molecule has 1 aliphatic heterocycles. The number of hydrogen-bond donors (Lipinski definition) is 2. The molecule has 0 atom stereocenters. The Balaban J connectivity index is 1.49. The molecule has 130 valence electrons. The minimum Gasteiger partial charge on any atom is -0.354 e. The predicted octanol–water partition coefficient (Wildman–Crippen LogP) is 1.99. The van der Waals surface area contributed by atoms with Crippen LogP contribution in [0.5, 0.6) is 0 Å². The maximum absolute atomic E-state index is 12.3. The van der Waals surface area contributed by atoms with Gasteiger partial charge in [0.15, 0.2) is 0 Å². The van der Waals surface area contributed by atoms with E-state index >= 15 is 0 Å². The lowest BCUT2D eigenvalue weighted by molar-refractivity contribution is -0.124. The van der Waals surface area contributed by atoms with E-state index in [1.807, 2.05) is 24.3 Å². The number of rotatable bonds is 6. The van der Waals surface area contributed by atoms with Gasteiger partial charge in [-0.3, -0.25) is 9.59 Å². The summed E-state index contributed by atoms with van der Waals surface area (Å²) in [7, 11) is 0. The van der Waals surface area contributed by atoms with E-state index in [-0.39, 0.29) is 17.2 Å². The van der Waals surface area contributed by atoms with Crippen molar-refractivity contribution in [2.45, 2.75) is 44.9 Å². The standard InChI is InChI=1S/C19H27N3O2/c20-14-19(8-4-1-5-9-19)13-17(23)21-10-11-22-16-7-3-2-6-15(16)12-18(22)24/h2-3,6-7H,1,4-5,8-14,20H2,(H,21,23). The van der Waals surface area contributed by atoms with E-state index < -0.39 is 0 Å². The average Bonchev–Trinajstić information content (AvgIpc) is 2.91. The number of carbonyl (C=O) groups is 2. The maximum Gasteiger partial charge on any atom is 0.231 e. The normalized spacial score (nSPS) is 19.2. The second-order valence-electron chi connectivity index (χ2n) is 7.14. The van der Waals surface area contributed by atoms with Gasteiger partial charge >= 0.3 is 0 Å². The van der Waals surface area contributed by atoms with Gasteiger partial charge in [0.1, 0.15) is 0 Å². The number of nitrogens with two attached hydrogens (primary N) is 1. The minimum atomic E-state index is -0.0155. The van der Waals surface area contributed by atoms with E-state index in [0.29, 0.717) is 32.5 Å². The van der Waals surface area contributed by atoms with Gasteiger partial charge in [0.2, 0.25) is 11.8 Å². The van der Waals surface area contributed by atoms with Gasteiger partial charge in [-0.1, -0.05) is 37.5 Å². The molecule has 2 amide bonds. The van der Waals surface area contributed by atoms with Crippen molar-refractivity contribution < 1.29 is 9.59 Å². The Bertz CT molecular complexity index is 608. The first-order valence-corrected chi connectivity index (χ1v) is 8.99. The van der Waals surface area contributed by atoms with Crippen molar-refractivity contribution in [3.63, 3.8) is 0 Å². The molecule has 5 nitrogen and oxygen atoms in total. The molecule has 1 heterocycles. The zero-order valence-electron chi connectivity index (χ0n) is 14.2. The van der Waals surface area contributed by atoms with Gasteiger partial charge in [-0.05, 0) is 36.4 Å². The SMILES string of the molecule is NCC1(CC(=O)NCCN2C(=O)Cc3ccccc32)CCCCC1. The fourth-order valence-electron chi connectivity index (χ4n) is 4.03. The first-order valence-electron chi connectivity index (χ1n) is 8.99. The van der Waals surface area contributed by atoms with Crippen LogP contribution in [0.1, 0.15) is 44.1 Å². The van der Waals surface area contributed by atoms with E-state index in [9.17, 15) is 9.59 Å². The van der Waals surface area contributed by atoms with Crippen LogP contribution in [0.4, 0.5) is 5.69 Å². The summed E-state index contributed by atoms with van der Waals surface area (Å²) >= 11 is 0. The number of para-hydroxylation sites is 1. The Kier molecular flexibility index (Phi) is 5.19. The topological polar surface area (TPSA) is 75.4 Å². The number of amides is 2. The van der Waals surface area contributed by atoms with Crippen molar-refractivity contribution in [1.82, 2.24) is 5.32 Å². The molecule has 0 aromatic heterocycles. The molecule has 3 N–H and O–H groups in total. The molecule has 0 saturated heterocycles. The summed E-state index contributed by atoms with van der Waals surface area (Å²) in [5.41, 5.74) is 7.98. The summed E-state index contributed by atoms with van der Waals surface area (Å²) in [6.07, 6.45) is 6.66. The Labute approximate surface area is 143 Å². The van der Waals surface area contributed by atoms with Gasteiger partial charge in [0.25, 0.3) is 0 Å². The molecule has 1 fully saturated rings. The van der Waals surface area contributed by atoms with Crippen LogP contribution in [0.2, 0.25) is 0 Å². The Hall–Kier alpha value is -1.88. The second kappa shape index (κ2) is 7.34. The molecule has 1 aliphatic carbocycles. The molecule has 0 radical (unpaired) electrons. The Morgan fingerprint density at radius 1 is 1.21 bits per heavy atom. The lowest BCUT2D eigenvalue weighted by Gasteiger charge is -2.35. The Morgan fingerprint density at radius 2 is 1.96 bits per heavy atom.